The smallest absolute Gasteiger partial charge is 0.268 e. The van der Waals surface area contributed by atoms with Crippen molar-refractivity contribution in [2.24, 2.45) is 0 Å². The van der Waals surface area contributed by atoms with E-state index in [0.717, 1.165) is 3.11 Å². The van der Waals surface area contributed by atoms with E-state index in [1.54, 1.807) is 22.9 Å². The molecule has 0 atom stereocenters. The van der Waals surface area contributed by atoms with E-state index < -0.39 is 0 Å². The maximum atomic E-state index is 10.7. The van der Waals surface area contributed by atoms with Crippen LogP contribution in [-0.2, 0) is 9.59 Å². The fourth-order valence-electron chi connectivity index (χ4n) is 0.421. The van der Waals surface area contributed by atoms with E-state index in [1.165, 1.54) is 6.08 Å². The third-order valence-electron chi connectivity index (χ3n) is 0.826. The van der Waals surface area contributed by atoms with Crippen LogP contribution in [0, 0.1) is 0 Å². The van der Waals surface area contributed by atoms with Crippen LogP contribution in [0.3, 0.4) is 0 Å². The molecule has 1 aliphatic rings. The molecule has 0 N–H and O–H groups in total. The maximum absolute atomic E-state index is 10.7. The molecule has 1 aliphatic heterocycles. The molecule has 3 nitrogen and oxygen atoms in total. The fraction of sp³-hybridized carbons (Fsp3) is 0. The molecule has 2 amide bonds. The van der Waals surface area contributed by atoms with Crippen LogP contribution in [0.15, 0.2) is 9.66 Å². The van der Waals surface area contributed by atoms with Crippen molar-refractivity contribution >= 4 is 57.3 Å². The van der Waals surface area contributed by atoms with Crippen LogP contribution in [0.2, 0.25) is 0 Å². The first-order valence-electron chi connectivity index (χ1n) is 2.04. The standard InChI is InChI=1S/C4HI2NO2/c5-2-1-3(8)7(6)4(2)9/h1H. The Morgan fingerprint density at radius 1 is 1.44 bits per heavy atom. The molecule has 48 valence electrons. The van der Waals surface area contributed by atoms with Gasteiger partial charge in [-0.05, 0) is 22.6 Å². The van der Waals surface area contributed by atoms with Crippen molar-refractivity contribution < 1.29 is 9.59 Å². The first kappa shape index (κ1) is 7.45. The molecule has 0 aliphatic carbocycles. The van der Waals surface area contributed by atoms with E-state index in [-0.39, 0.29) is 11.8 Å². The van der Waals surface area contributed by atoms with Gasteiger partial charge in [-0.3, -0.25) is 9.59 Å². The number of halogens is 2. The summed E-state index contributed by atoms with van der Waals surface area (Å²) in [6, 6.07) is 0. The number of hydrogen-bond acceptors (Lipinski definition) is 2. The van der Waals surface area contributed by atoms with Crippen molar-refractivity contribution in [3.05, 3.63) is 9.66 Å². The van der Waals surface area contributed by atoms with Crippen molar-refractivity contribution in [1.82, 2.24) is 3.11 Å². The molecule has 1 heterocycles. The molecule has 9 heavy (non-hydrogen) atoms. The number of imide groups is 1. The number of hydrogen-bond donors (Lipinski definition) is 0. The average molecular weight is 349 g/mol. The molecule has 0 aromatic carbocycles. The summed E-state index contributed by atoms with van der Waals surface area (Å²) in [5.41, 5.74) is 0. The van der Waals surface area contributed by atoms with Crippen LogP contribution in [0.1, 0.15) is 0 Å². The largest absolute Gasteiger partial charge is 0.276 e. The van der Waals surface area contributed by atoms with Gasteiger partial charge in [0.15, 0.2) is 0 Å². The number of carbonyl (C=O) groups excluding carboxylic acids is 2. The quantitative estimate of drug-likeness (QED) is 0.372. The number of rotatable bonds is 0. The minimum absolute atomic E-state index is 0.221. The number of nitrogens with zero attached hydrogens (tertiary/aromatic N) is 1. The summed E-state index contributed by atoms with van der Waals surface area (Å²) in [5.74, 6) is -0.466. The van der Waals surface area contributed by atoms with Crippen molar-refractivity contribution in [2.45, 2.75) is 0 Å². The Morgan fingerprint density at radius 2 is 2.00 bits per heavy atom. The van der Waals surface area contributed by atoms with Crippen molar-refractivity contribution in [2.75, 3.05) is 0 Å². The summed E-state index contributed by atoms with van der Waals surface area (Å²) in [6.07, 6.45) is 1.31. The van der Waals surface area contributed by atoms with Gasteiger partial charge in [0, 0.05) is 6.08 Å². The predicted octanol–water partition coefficient (Wildman–Crippen LogP) is 1.02. The highest BCUT2D eigenvalue weighted by Crippen LogP contribution is 2.21. The Morgan fingerprint density at radius 3 is 2.11 bits per heavy atom. The summed E-state index contributed by atoms with van der Waals surface area (Å²) < 4.78 is 1.53. The minimum atomic E-state index is -0.245. The fourth-order valence-corrected chi connectivity index (χ4v) is 1.79. The molecule has 0 unspecified atom stereocenters. The summed E-state index contributed by atoms with van der Waals surface area (Å²) in [6.45, 7) is 0. The van der Waals surface area contributed by atoms with Crippen molar-refractivity contribution in [1.29, 1.82) is 0 Å². The Bertz CT molecular complexity index is 211. The van der Waals surface area contributed by atoms with E-state index in [1.807, 2.05) is 22.6 Å². The van der Waals surface area contributed by atoms with Gasteiger partial charge in [-0.1, -0.05) is 0 Å². The second kappa shape index (κ2) is 2.52. The zero-order valence-corrected chi connectivity index (χ0v) is 8.41. The molecular formula is C4HI2NO2. The Hall–Kier alpha value is 0.340. The molecule has 0 spiro atoms. The second-order valence-electron chi connectivity index (χ2n) is 1.42. The number of amides is 2. The van der Waals surface area contributed by atoms with Gasteiger partial charge in [-0.2, -0.15) is 0 Å². The maximum Gasteiger partial charge on any atom is 0.276 e. The van der Waals surface area contributed by atoms with Crippen molar-refractivity contribution in [3.63, 3.8) is 0 Å². The van der Waals surface area contributed by atoms with Crippen LogP contribution in [0.4, 0.5) is 0 Å². The molecule has 5 heteroatoms. The zero-order chi connectivity index (χ0) is 7.02. The molecule has 1 rings (SSSR count). The molecule has 0 fully saturated rings. The van der Waals surface area contributed by atoms with E-state index in [4.69, 9.17) is 0 Å². The van der Waals surface area contributed by atoms with Gasteiger partial charge in [0.25, 0.3) is 11.8 Å². The van der Waals surface area contributed by atoms with E-state index in [2.05, 4.69) is 0 Å². The first-order valence-corrected chi connectivity index (χ1v) is 4.08. The van der Waals surface area contributed by atoms with Crippen LogP contribution in [0.5, 0.6) is 0 Å². The lowest BCUT2D eigenvalue weighted by molar-refractivity contribution is -0.129. The monoisotopic (exact) mass is 349 g/mol. The second-order valence-corrected chi connectivity index (χ2v) is 3.54. The molecule has 0 radical (unpaired) electrons. The topological polar surface area (TPSA) is 37.4 Å². The van der Waals surface area contributed by atoms with E-state index in [9.17, 15) is 9.59 Å². The highest BCUT2D eigenvalue weighted by Gasteiger charge is 2.26. The third kappa shape index (κ3) is 1.26. The lowest BCUT2D eigenvalue weighted by Gasteiger charge is -1.99. The summed E-state index contributed by atoms with van der Waals surface area (Å²) in [5, 5.41) is 0. The normalized spacial score (nSPS) is 18.9. The highest BCUT2D eigenvalue weighted by atomic mass is 127. The molecular weight excluding hydrogens is 348 g/mol. The van der Waals surface area contributed by atoms with E-state index >= 15 is 0 Å². The summed E-state index contributed by atoms with van der Waals surface area (Å²) >= 11 is 3.51. The average Bonchev–Trinajstić information content (AvgIpc) is 1.98. The molecule has 0 bridgehead atoms. The number of carbonyl (C=O) groups is 2. The van der Waals surface area contributed by atoms with Gasteiger partial charge in [-0.15, -0.1) is 0 Å². The Labute approximate surface area is 79.1 Å². The molecule has 0 aromatic rings. The SMILES string of the molecule is O=C1C=C(I)C(=O)N1I. The Kier molecular flexibility index (Phi) is 2.09. The lowest BCUT2D eigenvalue weighted by atomic mass is 10.6. The van der Waals surface area contributed by atoms with Gasteiger partial charge in [0.2, 0.25) is 0 Å². The lowest BCUT2D eigenvalue weighted by Crippen LogP contribution is -2.18. The Balaban J connectivity index is 2.95. The van der Waals surface area contributed by atoms with Gasteiger partial charge >= 0.3 is 0 Å². The first-order chi connectivity index (χ1) is 4.13. The summed E-state index contributed by atoms with van der Waals surface area (Å²) in [7, 11) is 0. The van der Waals surface area contributed by atoms with E-state index in [0.29, 0.717) is 3.58 Å². The predicted molar refractivity (Wildman–Crippen MR) is 48.0 cm³/mol. The van der Waals surface area contributed by atoms with Gasteiger partial charge in [0.1, 0.15) is 0 Å². The van der Waals surface area contributed by atoms with Gasteiger partial charge in [0.05, 0.1) is 26.4 Å². The highest BCUT2D eigenvalue weighted by molar-refractivity contribution is 14.1. The van der Waals surface area contributed by atoms with Crippen LogP contribution >= 0.6 is 45.5 Å². The van der Waals surface area contributed by atoms with Crippen LogP contribution in [-0.4, -0.2) is 14.9 Å². The molecule has 0 aromatic heterocycles. The summed E-state index contributed by atoms with van der Waals surface area (Å²) in [4.78, 5) is 21.3. The van der Waals surface area contributed by atoms with Crippen LogP contribution in [0.25, 0.3) is 0 Å². The third-order valence-corrected chi connectivity index (χ3v) is 2.51. The van der Waals surface area contributed by atoms with Gasteiger partial charge in [-0.25, -0.2) is 3.11 Å². The van der Waals surface area contributed by atoms with Gasteiger partial charge < -0.3 is 0 Å². The zero-order valence-electron chi connectivity index (χ0n) is 4.10. The molecule has 0 saturated heterocycles. The van der Waals surface area contributed by atoms with Crippen molar-refractivity contribution in [3.8, 4) is 0 Å². The van der Waals surface area contributed by atoms with Crippen LogP contribution < -0.4 is 0 Å². The minimum Gasteiger partial charge on any atom is -0.268 e. The molecule has 0 saturated carbocycles.